The number of rotatable bonds is 5. The Morgan fingerprint density at radius 2 is 1.91 bits per heavy atom. The molecular weight excluding hydrogens is 443 g/mol. The van der Waals surface area contributed by atoms with Gasteiger partial charge >= 0.3 is 6.09 Å². The van der Waals surface area contributed by atoms with Gasteiger partial charge in [0.1, 0.15) is 11.5 Å². The Kier molecular flexibility index (Phi) is 6.09. The quantitative estimate of drug-likeness (QED) is 0.479. The van der Waals surface area contributed by atoms with Crippen molar-refractivity contribution in [2.24, 2.45) is 0 Å². The third-order valence-corrected chi connectivity index (χ3v) is 5.18. The number of aromatic nitrogens is 4. The van der Waals surface area contributed by atoms with E-state index in [1.807, 2.05) is 6.92 Å². The number of pyridine rings is 1. The first kappa shape index (κ1) is 22.6. The van der Waals surface area contributed by atoms with Crippen LogP contribution in [0.25, 0.3) is 16.9 Å². The molecule has 0 saturated carbocycles. The van der Waals surface area contributed by atoms with Gasteiger partial charge in [0.2, 0.25) is 0 Å². The highest BCUT2D eigenvalue weighted by atomic mass is 19.1. The number of nitrogens with one attached hydrogen (secondary N) is 1. The SMILES string of the molecule is COC(=O)Nc1ccc(-c2c(C)nc3cnc(C(=O)N(C)c4ccc(F)c(OC)c4)cn23)cn1. The fourth-order valence-corrected chi connectivity index (χ4v) is 3.44. The number of imidazole rings is 1. The van der Waals surface area contributed by atoms with Gasteiger partial charge in [-0.1, -0.05) is 0 Å². The molecule has 2 amide bonds. The number of aryl methyl sites for hydroxylation is 1. The van der Waals surface area contributed by atoms with Crippen LogP contribution in [0.2, 0.25) is 0 Å². The fourth-order valence-electron chi connectivity index (χ4n) is 3.44. The number of ether oxygens (including phenoxy) is 2. The molecule has 3 heterocycles. The Morgan fingerprint density at radius 1 is 1.12 bits per heavy atom. The van der Waals surface area contributed by atoms with Crippen molar-refractivity contribution in [3.05, 3.63) is 66.1 Å². The van der Waals surface area contributed by atoms with E-state index in [1.54, 1.807) is 36.0 Å². The second-order valence-electron chi connectivity index (χ2n) is 7.28. The van der Waals surface area contributed by atoms with Crippen molar-refractivity contribution in [3.63, 3.8) is 0 Å². The van der Waals surface area contributed by atoms with Crippen molar-refractivity contribution < 1.29 is 23.5 Å². The molecule has 3 aromatic heterocycles. The van der Waals surface area contributed by atoms with Crippen LogP contribution < -0.4 is 15.0 Å². The third kappa shape index (κ3) is 4.22. The van der Waals surface area contributed by atoms with Gasteiger partial charge in [-0.15, -0.1) is 0 Å². The summed E-state index contributed by atoms with van der Waals surface area (Å²) < 4.78 is 25.1. The normalized spacial score (nSPS) is 10.7. The molecule has 0 aliphatic carbocycles. The standard InChI is InChI=1S/C23H21FN6O4/c1-13-21(14-5-8-19(26-10-14)28-23(32)34-4)30-12-17(25-11-20(30)27-13)22(31)29(2)15-6-7-16(24)18(9-15)33-3/h5-12H,1-4H3,(H,26,28,32). The van der Waals surface area contributed by atoms with Crippen molar-refractivity contribution in [3.8, 4) is 17.0 Å². The van der Waals surface area contributed by atoms with Gasteiger partial charge in [0.25, 0.3) is 5.91 Å². The number of benzene rings is 1. The molecule has 0 radical (unpaired) electrons. The summed E-state index contributed by atoms with van der Waals surface area (Å²) in [7, 11) is 4.19. The van der Waals surface area contributed by atoms with E-state index in [1.165, 1.54) is 43.5 Å². The summed E-state index contributed by atoms with van der Waals surface area (Å²) in [4.78, 5) is 38.9. The van der Waals surface area contributed by atoms with E-state index >= 15 is 0 Å². The number of nitrogens with zero attached hydrogens (tertiary/aromatic N) is 5. The highest BCUT2D eigenvalue weighted by Gasteiger charge is 2.20. The van der Waals surface area contributed by atoms with E-state index in [9.17, 15) is 14.0 Å². The lowest BCUT2D eigenvalue weighted by molar-refractivity contribution is 0.0987. The molecule has 4 rings (SSSR count). The first-order valence-corrected chi connectivity index (χ1v) is 10.1. The van der Waals surface area contributed by atoms with Crippen molar-refractivity contribution in [1.29, 1.82) is 0 Å². The minimum absolute atomic E-state index is 0.0331. The minimum Gasteiger partial charge on any atom is -0.494 e. The van der Waals surface area contributed by atoms with Crippen molar-refractivity contribution in [2.75, 3.05) is 31.5 Å². The first-order chi connectivity index (χ1) is 16.3. The van der Waals surface area contributed by atoms with Gasteiger partial charge in [-0.25, -0.2) is 24.1 Å². The molecule has 10 nitrogen and oxygen atoms in total. The average molecular weight is 464 g/mol. The van der Waals surface area contributed by atoms with E-state index in [2.05, 4.69) is 25.0 Å². The van der Waals surface area contributed by atoms with Crippen LogP contribution >= 0.6 is 0 Å². The summed E-state index contributed by atoms with van der Waals surface area (Å²) in [6.07, 6.45) is 4.05. The monoisotopic (exact) mass is 464 g/mol. The number of carbonyl (C=O) groups excluding carboxylic acids is 2. The van der Waals surface area contributed by atoms with Crippen LogP contribution in [0.15, 0.2) is 48.9 Å². The molecular formula is C23H21FN6O4. The molecule has 0 spiro atoms. The van der Waals surface area contributed by atoms with E-state index in [4.69, 9.17) is 4.74 Å². The average Bonchev–Trinajstić information content (AvgIpc) is 3.18. The summed E-state index contributed by atoms with van der Waals surface area (Å²) in [6.45, 7) is 1.83. The van der Waals surface area contributed by atoms with Gasteiger partial charge in [-0.3, -0.25) is 14.5 Å². The molecule has 1 aromatic carbocycles. The molecule has 4 aromatic rings. The zero-order valence-electron chi connectivity index (χ0n) is 18.9. The lowest BCUT2D eigenvalue weighted by atomic mass is 10.2. The summed E-state index contributed by atoms with van der Waals surface area (Å²) in [6, 6.07) is 7.56. The van der Waals surface area contributed by atoms with Crippen molar-refractivity contribution in [1.82, 2.24) is 19.4 Å². The highest BCUT2D eigenvalue weighted by Crippen LogP contribution is 2.27. The molecule has 0 atom stereocenters. The molecule has 0 aliphatic heterocycles. The number of methoxy groups -OCH3 is 2. The fraction of sp³-hybridized carbons (Fsp3) is 0.174. The lowest BCUT2D eigenvalue weighted by Crippen LogP contribution is -2.27. The summed E-state index contributed by atoms with van der Waals surface area (Å²) in [5, 5.41) is 2.49. The Morgan fingerprint density at radius 3 is 2.59 bits per heavy atom. The van der Waals surface area contributed by atoms with Gasteiger partial charge in [-0.2, -0.15) is 0 Å². The second kappa shape index (κ2) is 9.14. The molecule has 0 aliphatic rings. The van der Waals surface area contributed by atoms with Crippen LogP contribution in [0.1, 0.15) is 16.2 Å². The van der Waals surface area contributed by atoms with Gasteiger partial charge in [0.15, 0.2) is 17.2 Å². The Labute approximate surface area is 194 Å². The van der Waals surface area contributed by atoms with Crippen molar-refractivity contribution >= 4 is 29.2 Å². The van der Waals surface area contributed by atoms with Crippen molar-refractivity contribution in [2.45, 2.75) is 6.92 Å². The second-order valence-corrected chi connectivity index (χ2v) is 7.28. The number of hydrogen-bond acceptors (Lipinski definition) is 7. The van der Waals surface area contributed by atoms with Gasteiger partial charge in [0, 0.05) is 36.8 Å². The molecule has 174 valence electrons. The molecule has 0 saturated heterocycles. The number of fused-ring (bicyclic) bond motifs is 1. The summed E-state index contributed by atoms with van der Waals surface area (Å²) >= 11 is 0. The maximum Gasteiger partial charge on any atom is 0.412 e. The van der Waals surface area contributed by atoms with Crippen LogP contribution in [0.5, 0.6) is 5.75 Å². The predicted molar refractivity (Wildman–Crippen MR) is 123 cm³/mol. The molecule has 34 heavy (non-hydrogen) atoms. The van der Waals surface area contributed by atoms with Crippen LogP contribution in [0.3, 0.4) is 0 Å². The summed E-state index contributed by atoms with van der Waals surface area (Å²) in [5.41, 5.74) is 3.31. The maximum absolute atomic E-state index is 13.8. The van der Waals surface area contributed by atoms with E-state index in [0.717, 1.165) is 11.3 Å². The third-order valence-electron chi connectivity index (χ3n) is 5.18. The van der Waals surface area contributed by atoms with Gasteiger partial charge in [0.05, 0.1) is 31.8 Å². The largest absolute Gasteiger partial charge is 0.494 e. The number of halogens is 1. The topological polar surface area (TPSA) is 111 Å². The maximum atomic E-state index is 13.8. The van der Waals surface area contributed by atoms with Crippen LogP contribution in [-0.2, 0) is 4.74 Å². The van der Waals surface area contributed by atoms with Crippen LogP contribution in [0, 0.1) is 12.7 Å². The number of hydrogen-bond donors (Lipinski definition) is 1. The minimum atomic E-state index is -0.622. The molecule has 1 N–H and O–H groups in total. The number of carbonyl (C=O) groups is 2. The molecule has 0 fully saturated rings. The predicted octanol–water partition coefficient (Wildman–Crippen LogP) is 3.70. The first-order valence-electron chi connectivity index (χ1n) is 10.1. The van der Waals surface area contributed by atoms with Crippen LogP contribution in [-0.4, -0.2) is 52.6 Å². The Hall–Kier alpha value is -4.54. The zero-order valence-corrected chi connectivity index (χ0v) is 18.9. The molecule has 11 heteroatoms. The lowest BCUT2D eigenvalue weighted by Gasteiger charge is -2.18. The van der Waals surface area contributed by atoms with E-state index in [0.29, 0.717) is 22.8 Å². The Bertz CT molecular complexity index is 1390. The zero-order chi connectivity index (χ0) is 24.4. The van der Waals surface area contributed by atoms with Gasteiger partial charge in [-0.05, 0) is 31.2 Å². The van der Waals surface area contributed by atoms with E-state index < -0.39 is 17.8 Å². The smallest absolute Gasteiger partial charge is 0.412 e. The summed E-state index contributed by atoms with van der Waals surface area (Å²) in [5.74, 6) is -0.558. The van der Waals surface area contributed by atoms with E-state index in [-0.39, 0.29) is 11.4 Å². The molecule has 0 unspecified atom stereocenters. The highest BCUT2D eigenvalue weighted by molar-refractivity contribution is 6.04. The van der Waals surface area contributed by atoms with Crippen LogP contribution in [0.4, 0.5) is 20.7 Å². The Balaban J connectivity index is 1.68. The molecule has 0 bridgehead atoms. The van der Waals surface area contributed by atoms with Gasteiger partial charge < -0.3 is 14.4 Å². The number of anilines is 2. The number of amides is 2.